The molecule has 0 saturated heterocycles. The lowest BCUT2D eigenvalue weighted by Gasteiger charge is -2.11. The molecule has 1 aromatic rings. The van der Waals surface area contributed by atoms with Crippen LogP contribution in [0.5, 0.6) is 0 Å². The molecule has 0 radical (unpaired) electrons. The van der Waals surface area contributed by atoms with Gasteiger partial charge in [0.25, 0.3) is 0 Å². The molecule has 2 rings (SSSR count). The number of ether oxygens (including phenoxy) is 1. The van der Waals surface area contributed by atoms with Crippen molar-refractivity contribution in [1.82, 2.24) is 4.98 Å². The second-order valence-corrected chi connectivity index (χ2v) is 4.68. The summed E-state index contributed by atoms with van der Waals surface area (Å²) >= 11 is 0. The van der Waals surface area contributed by atoms with E-state index in [-0.39, 0.29) is 0 Å². The third kappa shape index (κ3) is 4.00. The molecule has 3 heteroatoms. The minimum Gasteiger partial charge on any atom is -0.385 e. The van der Waals surface area contributed by atoms with Crippen molar-refractivity contribution < 1.29 is 4.74 Å². The first kappa shape index (κ1) is 12.4. The summed E-state index contributed by atoms with van der Waals surface area (Å²) < 4.78 is 5.86. The monoisotopic (exact) mass is 234 g/mol. The maximum atomic E-state index is 5.86. The summed E-state index contributed by atoms with van der Waals surface area (Å²) in [5.74, 6) is 0. The lowest BCUT2D eigenvalue weighted by atomic mass is 10.3. The molecule has 17 heavy (non-hydrogen) atoms. The van der Waals surface area contributed by atoms with Crippen LogP contribution < -0.4 is 5.32 Å². The van der Waals surface area contributed by atoms with Crippen LogP contribution in [0.4, 0.5) is 5.69 Å². The minimum absolute atomic E-state index is 0.462. The average molecular weight is 234 g/mol. The highest BCUT2D eigenvalue weighted by atomic mass is 16.5. The molecule has 0 aliphatic heterocycles. The predicted molar refractivity (Wildman–Crippen MR) is 70.1 cm³/mol. The molecule has 3 nitrogen and oxygen atoms in total. The molecule has 0 bridgehead atoms. The maximum absolute atomic E-state index is 5.86. The molecule has 1 aliphatic rings. The predicted octanol–water partition coefficient (Wildman–Crippen LogP) is 3.36. The van der Waals surface area contributed by atoms with Crippen LogP contribution in [0.3, 0.4) is 0 Å². The molecule has 0 unspecified atom stereocenters. The highest BCUT2D eigenvalue weighted by molar-refractivity contribution is 5.42. The van der Waals surface area contributed by atoms with Crippen molar-refractivity contribution in [3.05, 3.63) is 24.0 Å². The molecule has 1 N–H and O–H groups in total. The quantitative estimate of drug-likeness (QED) is 0.819. The van der Waals surface area contributed by atoms with Crippen molar-refractivity contribution in [2.24, 2.45) is 0 Å². The molecule has 1 aromatic heterocycles. The second-order valence-electron chi connectivity index (χ2n) is 4.68. The van der Waals surface area contributed by atoms with Crippen molar-refractivity contribution >= 4 is 5.69 Å². The summed E-state index contributed by atoms with van der Waals surface area (Å²) in [5, 5.41) is 3.37. The van der Waals surface area contributed by atoms with E-state index in [1.165, 1.54) is 25.7 Å². The van der Waals surface area contributed by atoms with Crippen LogP contribution in [0, 0.1) is 0 Å². The smallest absolute Gasteiger partial charge is 0.0892 e. The summed E-state index contributed by atoms with van der Waals surface area (Å²) in [6, 6.07) is 4.10. The summed E-state index contributed by atoms with van der Waals surface area (Å²) in [7, 11) is 0. The van der Waals surface area contributed by atoms with Crippen molar-refractivity contribution in [3.63, 3.8) is 0 Å². The van der Waals surface area contributed by atoms with Gasteiger partial charge in [0, 0.05) is 18.4 Å². The molecule has 0 amide bonds. The number of hydrogen-bond acceptors (Lipinski definition) is 3. The van der Waals surface area contributed by atoms with Gasteiger partial charge in [-0.2, -0.15) is 0 Å². The Labute approximate surface area is 104 Å². The molecule has 1 fully saturated rings. The van der Waals surface area contributed by atoms with Gasteiger partial charge in [-0.3, -0.25) is 4.98 Å². The largest absolute Gasteiger partial charge is 0.385 e. The van der Waals surface area contributed by atoms with E-state index in [0.717, 1.165) is 24.3 Å². The first-order valence-corrected chi connectivity index (χ1v) is 6.69. The standard InChI is InChI=1S/C14H22N2O/c1-2-8-15-12-7-9-16-13(10-12)11-17-14-5-3-4-6-14/h7,9-10,14H,2-6,8,11H2,1H3,(H,15,16). The zero-order chi connectivity index (χ0) is 11.9. The highest BCUT2D eigenvalue weighted by Gasteiger charge is 2.15. The van der Waals surface area contributed by atoms with E-state index in [2.05, 4.69) is 23.3 Å². The Morgan fingerprint density at radius 3 is 3.00 bits per heavy atom. The van der Waals surface area contributed by atoms with E-state index < -0.39 is 0 Å². The van der Waals surface area contributed by atoms with E-state index in [0.29, 0.717) is 12.7 Å². The van der Waals surface area contributed by atoms with Crippen molar-refractivity contribution in [1.29, 1.82) is 0 Å². The van der Waals surface area contributed by atoms with Crippen LogP contribution in [-0.4, -0.2) is 17.6 Å². The van der Waals surface area contributed by atoms with Gasteiger partial charge < -0.3 is 10.1 Å². The van der Waals surface area contributed by atoms with E-state index >= 15 is 0 Å². The van der Waals surface area contributed by atoms with Gasteiger partial charge in [-0.15, -0.1) is 0 Å². The minimum atomic E-state index is 0.462. The average Bonchev–Trinajstić information content (AvgIpc) is 2.87. The fourth-order valence-corrected chi connectivity index (χ4v) is 2.19. The third-order valence-electron chi connectivity index (χ3n) is 3.16. The number of nitrogens with zero attached hydrogens (tertiary/aromatic N) is 1. The van der Waals surface area contributed by atoms with Crippen molar-refractivity contribution in [2.75, 3.05) is 11.9 Å². The number of rotatable bonds is 6. The fraction of sp³-hybridized carbons (Fsp3) is 0.643. The second kappa shape index (κ2) is 6.60. The van der Waals surface area contributed by atoms with E-state index in [9.17, 15) is 0 Å². The Morgan fingerprint density at radius 2 is 2.24 bits per heavy atom. The van der Waals surface area contributed by atoms with E-state index in [1.54, 1.807) is 0 Å². The Bertz CT molecular complexity index is 335. The van der Waals surface area contributed by atoms with Gasteiger partial charge >= 0.3 is 0 Å². The Hall–Kier alpha value is -1.09. The summed E-state index contributed by atoms with van der Waals surface area (Å²) in [4.78, 5) is 4.34. The maximum Gasteiger partial charge on any atom is 0.0892 e. The normalized spacial score (nSPS) is 16.3. The number of pyridine rings is 1. The molecule has 0 aromatic carbocycles. The topological polar surface area (TPSA) is 34.2 Å². The van der Waals surface area contributed by atoms with Gasteiger partial charge in [0.15, 0.2) is 0 Å². The summed E-state index contributed by atoms with van der Waals surface area (Å²) in [5.41, 5.74) is 2.17. The van der Waals surface area contributed by atoms with Crippen LogP contribution in [0.15, 0.2) is 18.3 Å². The Kier molecular flexibility index (Phi) is 4.80. The first-order chi connectivity index (χ1) is 8.38. The SMILES string of the molecule is CCCNc1ccnc(COC2CCCC2)c1. The molecule has 1 aliphatic carbocycles. The van der Waals surface area contributed by atoms with Crippen LogP contribution in [-0.2, 0) is 11.3 Å². The lowest BCUT2D eigenvalue weighted by Crippen LogP contribution is -2.08. The Morgan fingerprint density at radius 1 is 1.41 bits per heavy atom. The van der Waals surface area contributed by atoms with Crippen LogP contribution in [0.1, 0.15) is 44.7 Å². The van der Waals surface area contributed by atoms with Gasteiger partial charge in [-0.05, 0) is 31.4 Å². The first-order valence-electron chi connectivity index (χ1n) is 6.69. The Balaban J connectivity index is 1.82. The van der Waals surface area contributed by atoms with Gasteiger partial charge in [-0.25, -0.2) is 0 Å². The van der Waals surface area contributed by atoms with E-state index in [1.807, 2.05) is 12.3 Å². The van der Waals surface area contributed by atoms with Crippen molar-refractivity contribution in [2.45, 2.75) is 51.7 Å². The molecule has 0 atom stereocenters. The number of hydrogen-bond donors (Lipinski definition) is 1. The number of nitrogens with one attached hydrogen (secondary N) is 1. The van der Waals surface area contributed by atoms with E-state index in [4.69, 9.17) is 4.74 Å². The molecule has 1 heterocycles. The molecular weight excluding hydrogens is 212 g/mol. The molecule has 94 valence electrons. The van der Waals surface area contributed by atoms with Gasteiger partial charge in [0.1, 0.15) is 0 Å². The zero-order valence-electron chi connectivity index (χ0n) is 10.6. The van der Waals surface area contributed by atoms with Crippen LogP contribution in [0.25, 0.3) is 0 Å². The third-order valence-corrected chi connectivity index (χ3v) is 3.16. The summed E-state index contributed by atoms with van der Waals surface area (Å²) in [6.07, 6.45) is 8.51. The van der Waals surface area contributed by atoms with Crippen molar-refractivity contribution in [3.8, 4) is 0 Å². The summed E-state index contributed by atoms with van der Waals surface area (Å²) in [6.45, 7) is 3.82. The van der Waals surface area contributed by atoms with Gasteiger partial charge in [0.05, 0.1) is 18.4 Å². The zero-order valence-corrected chi connectivity index (χ0v) is 10.6. The number of aromatic nitrogens is 1. The molecule has 0 spiro atoms. The molecule has 1 saturated carbocycles. The fourth-order valence-electron chi connectivity index (χ4n) is 2.19. The van der Waals surface area contributed by atoms with Crippen LogP contribution >= 0.6 is 0 Å². The highest BCUT2D eigenvalue weighted by Crippen LogP contribution is 2.22. The lowest BCUT2D eigenvalue weighted by molar-refractivity contribution is 0.0438. The van der Waals surface area contributed by atoms with Crippen LogP contribution in [0.2, 0.25) is 0 Å². The van der Waals surface area contributed by atoms with Gasteiger partial charge in [0.2, 0.25) is 0 Å². The molecular formula is C14H22N2O. The number of anilines is 1. The van der Waals surface area contributed by atoms with Gasteiger partial charge in [-0.1, -0.05) is 19.8 Å².